The van der Waals surface area contributed by atoms with Crippen LogP contribution in [0.5, 0.6) is 0 Å². The summed E-state index contributed by atoms with van der Waals surface area (Å²) >= 11 is 0. The number of aliphatic hydroxyl groups is 8. The van der Waals surface area contributed by atoms with E-state index < -0.39 is 179 Å². The van der Waals surface area contributed by atoms with Crippen molar-refractivity contribution in [2.75, 3.05) is 41.2 Å². The number of carbonyl (C=O) groups is 1. The zero-order valence-corrected chi connectivity index (χ0v) is 51.1. The Kier molecular flexibility index (Phi) is 20.9. The number of carbonyl (C=O) groups excluding carboxylic acids is 1. The lowest BCUT2D eigenvalue weighted by Gasteiger charge is -2.51. The van der Waals surface area contributed by atoms with Gasteiger partial charge in [-0.05, 0) is 83.1 Å². The number of fused-ring (bicyclic) bond motifs is 3. The zero-order valence-electron chi connectivity index (χ0n) is 51.1. The number of hydrogen-bond donors (Lipinski definition) is 8. The molecule has 27 heteroatoms. The number of esters is 1. The third kappa shape index (κ3) is 13.2. The van der Waals surface area contributed by atoms with Crippen molar-refractivity contribution in [2.45, 2.75) is 284 Å². The highest BCUT2D eigenvalue weighted by atomic mass is 16.8. The van der Waals surface area contributed by atoms with Gasteiger partial charge in [0.05, 0.1) is 92.9 Å². The van der Waals surface area contributed by atoms with E-state index in [1.54, 1.807) is 21.1 Å². The summed E-state index contributed by atoms with van der Waals surface area (Å²) in [4.78, 5) is 13.9. The number of rotatable bonds is 17. The molecule has 0 aromatic rings. The van der Waals surface area contributed by atoms with Gasteiger partial charge in [0.25, 0.3) is 0 Å². The van der Waals surface area contributed by atoms with Gasteiger partial charge < -0.3 is 126 Å². The monoisotopic (exact) mass is 1250 g/mol. The van der Waals surface area contributed by atoms with Gasteiger partial charge in [-0.15, -0.1) is 0 Å². The minimum atomic E-state index is -1.82. The minimum Gasteiger partial charge on any atom is -0.469 e. The van der Waals surface area contributed by atoms with Gasteiger partial charge >= 0.3 is 5.97 Å². The predicted molar refractivity (Wildman–Crippen MR) is 293 cm³/mol. The molecule has 9 aliphatic heterocycles. The smallest absolute Gasteiger partial charge is 0.309 e. The van der Waals surface area contributed by atoms with Crippen LogP contribution in [0.15, 0.2) is 23.5 Å². The third-order valence-corrected chi connectivity index (χ3v) is 20.7. The van der Waals surface area contributed by atoms with Gasteiger partial charge in [0.2, 0.25) is 5.79 Å². The Hall–Kier alpha value is -2.21. The first kappa shape index (κ1) is 66.3. The highest BCUT2D eigenvalue weighted by molar-refractivity contribution is 5.74. The van der Waals surface area contributed by atoms with E-state index in [0.29, 0.717) is 19.4 Å². The maximum atomic E-state index is 13.9. The molecule has 11 aliphatic rings. The lowest BCUT2D eigenvalue weighted by molar-refractivity contribution is -0.376. The Morgan fingerprint density at radius 3 is 1.68 bits per heavy atom. The Balaban J connectivity index is 0.630. The summed E-state index contributed by atoms with van der Waals surface area (Å²) in [6.45, 7) is 10.4. The van der Waals surface area contributed by atoms with Crippen LogP contribution in [0.1, 0.15) is 106 Å². The molecule has 496 valence electrons. The van der Waals surface area contributed by atoms with Gasteiger partial charge in [-0.1, -0.05) is 18.6 Å². The molecule has 2 aliphatic carbocycles. The number of methoxy groups -OCH3 is 3. The van der Waals surface area contributed by atoms with Gasteiger partial charge in [-0.25, -0.2) is 0 Å². The molecule has 0 radical (unpaired) electrons. The Morgan fingerprint density at radius 1 is 0.586 bits per heavy atom. The van der Waals surface area contributed by atoms with E-state index in [2.05, 4.69) is 13.0 Å². The Labute approximate surface area is 506 Å². The topological polar surface area (TPSA) is 345 Å². The van der Waals surface area contributed by atoms with E-state index in [1.165, 1.54) is 12.7 Å². The van der Waals surface area contributed by atoms with E-state index in [9.17, 15) is 45.6 Å². The van der Waals surface area contributed by atoms with Crippen LogP contribution in [-0.4, -0.2) is 266 Å². The van der Waals surface area contributed by atoms with Gasteiger partial charge in [0.1, 0.15) is 79.4 Å². The highest BCUT2D eigenvalue weighted by Crippen LogP contribution is 2.57. The van der Waals surface area contributed by atoms with Crippen molar-refractivity contribution < 1.29 is 131 Å². The largest absolute Gasteiger partial charge is 0.469 e. The van der Waals surface area contributed by atoms with Crippen molar-refractivity contribution >= 4 is 5.97 Å². The van der Waals surface area contributed by atoms with Crippen molar-refractivity contribution in [2.24, 2.45) is 23.2 Å². The number of aliphatic hydroxyl groups excluding tert-OH is 8. The second-order valence-corrected chi connectivity index (χ2v) is 26.0. The molecule has 0 unspecified atom stereocenters. The first-order valence-electron chi connectivity index (χ1n) is 31.2. The number of allylic oxidation sites excluding steroid dienone is 1. The van der Waals surface area contributed by atoms with Crippen molar-refractivity contribution in [1.29, 1.82) is 0 Å². The fourth-order valence-electron chi connectivity index (χ4n) is 15.7. The van der Waals surface area contributed by atoms with Gasteiger partial charge in [-0.2, -0.15) is 0 Å². The maximum absolute atomic E-state index is 13.9. The molecule has 0 aromatic heterocycles. The summed E-state index contributed by atoms with van der Waals surface area (Å²) in [6.07, 6.45) is -17.9. The van der Waals surface area contributed by atoms with Crippen LogP contribution in [0.4, 0.5) is 0 Å². The van der Waals surface area contributed by atoms with Crippen LogP contribution in [0.2, 0.25) is 0 Å². The van der Waals surface area contributed by atoms with Crippen LogP contribution in [-0.2, 0) is 90.1 Å². The molecule has 9 fully saturated rings. The minimum absolute atomic E-state index is 0.0851. The molecule has 11 rings (SSSR count). The quantitative estimate of drug-likeness (QED) is 0.0713. The highest BCUT2D eigenvalue weighted by Gasteiger charge is 2.59. The molecular formula is C60H94O27. The molecule has 0 spiro atoms. The molecule has 87 heavy (non-hydrogen) atoms. The van der Waals surface area contributed by atoms with E-state index in [-0.39, 0.29) is 60.6 Å². The van der Waals surface area contributed by atoms with Gasteiger partial charge in [-0.3, -0.25) is 4.79 Å². The second kappa shape index (κ2) is 27.4. The number of hydrogen-bond acceptors (Lipinski definition) is 27. The first-order chi connectivity index (χ1) is 41.6. The maximum Gasteiger partial charge on any atom is 0.309 e. The van der Waals surface area contributed by atoms with Crippen molar-refractivity contribution in [1.82, 2.24) is 0 Å². The Bertz CT molecular complexity index is 2350. The lowest BCUT2D eigenvalue weighted by atomic mass is 9.55. The predicted octanol–water partition coefficient (Wildman–Crippen LogP) is 0.217. The molecule has 8 saturated heterocycles. The third-order valence-electron chi connectivity index (χ3n) is 20.7. The van der Waals surface area contributed by atoms with Crippen LogP contribution in [0.25, 0.3) is 0 Å². The first-order valence-corrected chi connectivity index (χ1v) is 31.2. The molecule has 27 nitrogen and oxygen atoms in total. The average Bonchev–Trinajstić information content (AvgIpc) is 1.87. The molecule has 8 N–H and O–H groups in total. The van der Waals surface area contributed by atoms with Gasteiger partial charge in [0.15, 0.2) is 37.7 Å². The van der Waals surface area contributed by atoms with Gasteiger partial charge in [0, 0.05) is 53.9 Å². The lowest BCUT2D eigenvalue weighted by Crippen LogP contribution is -2.65. The van der Waals surface area contributed by atoms with Crippen molar-refractivity contribution in [3.63, 3.8) is 0 Å². The molecule has 0 amide bonds. The van der Waals surface area contributed by atoms with Crippen molar-refractivity contribution in [3.8, 4) is 0 Å². The summed E-state index contributed by atoms with van der Waals surface area (Å²) in [6, 6.07) is 0. The summed E-state index contributed by atoms with van der Waals surface area (Å²) in [5.74, 6) is -1.11. The van der Waals surface area contributed by atoms with E-state index in [4.69, 9.17) is 85.3 Å². The zero-order chi connectivity index (χ0) is 62.0. The number of ether oxygens (including phenoxy) is 18. The molecule has 9 heterocycles. The molecular weight excluding hydrogens is 1150 g/mol. The normalized spacial score (nSPS) is 52.0. The molecule has 33 atom stereocenters. The van der Waals surface area contributed by atoms with E-state index in [0.717, 1.165) is 37.7 Å². The van der Waals surface area contributed by atoms with Crippen molar-refractivity contribution in [3.05, 3.63) is 23.5 Å². The molecule has 0 bridgehead atoms. The van der Waals surface area contributed by atoms with Crippen LogP contribution < -0.4 is 0 Å². The fourth-order valence-corrected chi connectivity index (χ4v) is 15.7. The standard InChI is InChI=1S/C60H94O27/c1-25-51(83-43-19-36(71-8)53(27(3)77-43)85-44-20-37(72-9)54(28(4)78-44)86-58-50(68)48(66)55(39(22-62)82-58)87-57-49(67)47(65)46(64)38(21-61)81-57)34(63)17-41(75-25)84-52-26(2)76-42(18-35(52)70-7)79-31-14-15-59(5)30(16-31)11-12-32-33(59)13-10-29-23-73-60(6)45(29)40(24-74-60)80-56(32)69/h11,23,25-28,31-55,57-58,61-68H,10,12-22,24H2,1-9H3/t25-,26-,27+,28-,31+,32-,33+,34-,35-,36-,37-,38-,39-,40-,41+,42+,43-,44+,45-,46-,47+,48-,49-,50-,51-,52-,53+,54-,55-,57+,58+,59+,60+/m1/s1. The molecule has 0 aromatic carbocycles. The average molecular weight is 1250 g/mol. The van der Waals surface area contributed by atoms with Crippen LogP contribution >= 0.6 is 0 Å². The summed E-state index contributed by atoms with van der Waals surface area (Å²) in [7, 11) is 4.66. The van der Waals surface area contributed by atoms with E-state index in [1.807, 2.05) is 34.0 Å². The SMILES string of the molecule is CO[C@@H]1C[C@H](O[C@H]2CC[C@@]3(C)C(=CC[C@H]4C(=O)O[C@@H]5CO[C@]6(C)OC=C(CC[C@@H]43)[C@H]56)C2)O[C@H](C)[C@H]1O[C@H]1C[C@@H](O)[C@H](O[C@@H]2C[C@@H](OC)[C@@H](O[C@H]3C[C@@H](OC)[C@H](O[C@@H]4O[C@H](CO)[C@@H](O[C@@H]5O[C@H](CO)[C@@H](O)[C@H](O)[C@H]5O)[C@H](O)[C@H]4O)[C@@H](C)O3)[C@H](C)O2)[C@@H](C)O1. The van der Waals surface area contributed by atoms with Crippen LogP contribution in [0.3, 0.4) is 0 Å². The second-order valence-electron chi connectivity index (χ2n) is 26.0. The molecule has 1 saturated carbocycles. The summed E-state index contributed by atoms with van der Waals surface area (Å²) < 4.78 is 111. The summed E-state index contributed by atoms with van der Waals surface area (Å²) in [5.41, 5.74) is 2.31. The fraction of sp³-hybridized carbons (Fsp3) is 0.917. The summed E-state index contributed by atoms with van der Waals surface area (Å²) in [5, 5.41) is 85.0. The Morgan fingerprint density at radius 2 is 1.10 bits per heavy atom. The van der Waals surface area contributed by atoms with E-state index >= 15 is 0 Å². The van der Waals surface area contributed by atoms with Crippen LogP contribution in [0, 0.1) is 23.2 Å².